The average molecular weight is 377 g/mol. The number of amides is 2. The number of piperidine rings is 1. The molecule has 1 fully saturated rings. The lowest BCUT2D eigenvalue weighted by Gasteiger charge is -2.31. The molecule has 4 rings (SSSR count). The van der Waals surface area contributed by atoms with Crippen LogP contribution in [0, 0.1) is 5.92 Å². The van der Waals surface area contributed by atoms with Gasteiger partial charge in [0.1, 0.15) is 5.82 Å². The maximum atomic E-state index is 12.7. The fourth-order valence-electron chi connectivity index (χ4n) is 3.59. The van der Waals surface area contributed by atoms with E-state index >= 15 is 0 Å². The van der Waals surface area contributed by atoms with Crippen molar-refractivity contribution in [2.75, 3.05) is 13.1 Å². The average Bonchev–Trinajstić information content (AvgIpc) is 3.18. The number of carbonyl (C=O) groups excluding carboxylic acids is 2. The SMILES string of the molecule is C[C@@H](NC(=O)C1CCN(C(=O)c2cccnc2)CC1)c1nc2ccccc2[nH]1. The molecule has 2 amide bonds. The molecule has 0 unspecified atom stereocenters. The van der Waals surface area contributed by atoms with Crippen molar-refractivity contribution in [3.8, 4) is 0 Å². The summed E-state index contributed by atoms with van der Waals surface area (Å²) in [6.45, 7) is 3.08. The van der Waals surface area contributed by atoms with Gasteiger partial charge >= 0.3 is 0 Å². The minimum atomic E-state index is -0.199. The quantitative estimate of drug-likeness (QED) is 0.731. The number of rotatable bonds is 4. The van der Waals surface area contributed by atoms with Gasteiger partial charge in [0.15, 0.2) is 0 Å². The van der Waals surface area contributed by atoms with E-state index in [0.717, 1.165) is 16.9 Å². The fourth-order valence-corrected chi connectivity index (χ4v) is 3.59. The summed E-state index contributed by atoms with van der Waals surface area (Å²) in [5.74, 6) is 0.646. The van der Waals surface area contributed by atoms with Gasteiger partial charge in [-0.1, -0.05) is 12.1 Å². The van der Waals surface area contributed by atoms with Gasteiger partial charge in [-0.15, -0.1) is 0 Å². The Bertz CT molecular complexity index is 944. The first kappa shape index (κ1) is 18.2. The van der Waals surface area contributed by atoms with Crippen molar-refractivity contribution in [2.24, 2.45) is 5.92 Å². The number of nitrogens with zero attached hydrogens (tertiary/aromatic N) is 3. The van der Waals surface area contributed by atoms with Gasteiger partial charge in [-0.3, -0.25) is 14.6 Å². The van der Waals surface area contributed by atoms with Gasteiger partial charge in [0.25, 0.3) is 5.91 Å². The zero-order valence-corrected chi connectivity index (χ0v) is 15.8. The second kappa shape index (κ2) is 7.80. The van der Waals surface area contributed by atoms with Gasteiger partial charge in [-0.05, 0) is 44.0 Å². The normalized spacial score (nSPS) is 16.1. The van der Waals surface area contributed by atoms with Crippen molar-refractivity contribution in [1.82, 2.24) is 25.2 Å². The van der Waals surface area contributed by atoms with Crippen LogP contribution in [-0.2, 0) is 4.79 Å². The van der Waals surface area contributed by atoms with E-state index in [1.54, 1.807) is 29.4 Å². The topological polar surface area (TPSA) is 91.0 Å². The Morgan fingerprint density at radius 1 is 1.18 bits per heavy atom. The molecule has 3 aromatic rings. The maximum Gasteiger partial charge on any atom is 0.255 e. The molecule has 1 saturated heterocycles. The number of nitrogens with one attached hydrogen (secondary N) is 2. The Hall–Kier alpha value is -3.22. The number of hydrogen-bond acceptors (Lipinski definition) is 4. The molecule has 28 heavy (non-hydrogen) atoms. The maximum absolute atomic E-state index is 12.7. The number of imidazole rings is 1. The van der Waals surface area contributed by atoms with Crippen molar-refractivity contribution in [3.05, 3.63) is 60.2 Å². The summed E-state index contributed by atoms with van der Waals surface area (Å²) in [4.78, 5) is 38.8. The van der Waals surface area contributed by atoms with Gasteiger partial charge < -0.3 is 15.2 Å². The molecule has 0 radical (unpaired) electrons. The van der Waals surface area contributed by atoms with Gasteiger partial charge in [0.2, 0.25) is 5.91 Å². The van der Waals surface area contributed by atoms with Gasteiger partial charge in [0, 0.05) is 31.4 Å². The third-order valence-electron chi connectivity index (χ3n) is 5.24. The molecule has 2 N–H and O–H groups in total. The van der Waals surface area contributed by atoms with Crippen molar-refractivity contribution in [3.63, 3.8) is 0 Å². The number of pyridine rings is 1. The monoisotopic (exact) mass is 377 g/mol. The van der Waals surface area contributed by atoms with Crippen LogP contribution in [-0.4, -0.2) is 44.8 Å². The largest absolute Gasteiger partial charge is 0.346 e. The molecule has 0 spiro atoms. The number of aromatic amines is 1. The summed E-state index contributed by atoms with van der Waals surface area (Å²) >= 11 is 0. The minimum absolute atomic E-state index is 0.0152. The number of aromatic nitrogens is 3. The Morgan fingerprint density at radius 2 is 1.96 bits per heavy atom. The van der Waals surface area contributed by atoms with E-state index in [1.807, 2.05) is 31.2 Å². The van der Waals surface area contributed by atoms with Crippen LogP contribution < -0.4 is 5.32 Å². The van der Waals surface area contributed by atoms with E-state index < -0.39 is 0 Å². The predicted octanol–water partition coefficient (Wildman–Crippen LogP) is 2.69. The lowest BCUT2D eigenvalue weighted by atomic mass is 9.95. The standard InChI is InChI=1S/C21H23N5O2/c1-14(19-24-17-6-2-3-7-18(17)25-19)23-20(27)15-8-11-26(12-9-15)21(28)16-5-4-10-22-13-16/h2-7,10,13-15H,8-9,11-12H2,1H3,(H,23,27)(H,24,25)/t14-/m1/s1. The van der Waals surface area contributed by atoms with Gasteiger partial charge in [-0.25, -0.2) is 4.98 Å². The van der Waals surface area contributed by atoms with Crippen LogP contribution in [0.3, 0.4) is 0 Å². The zero-order chi connectivity index (χ0) is 19.5. The van der Waals surface area contributed by atoms with E-state index in [1.165, 1.54) is 0 Å². The van der Waals surface area contributed by atoms with E-state index in [-0.39, 0.29) is 23.8 Å². The summed E-state index contributed by atoms with van der Waals surface area (Å²) < 4.78 is 0. The van der Waals surface area contributed by atoms with E-state index in [9.17, 15) is 9.59 Å². The minimum Gasteiger partial charge on any atom is -0.346 e. The van der Waals surface area contributed by atoms with Gasteiger partial charge in [0.05, 0.1) is 22.6 Å². The van der Waals surface area contributed by atoms with Crippen LogP contribution in [0.15, 0.2) is 48.8 Å². The molecule has 7 heteroatoms. The molecule has 1 aromatic carbocycles. The summed E-state index contributed by atoms with van der Waals surface area (Å²) in [6, 6.07) is 11.1. The molecule has 0 bridgehead atoms. The van der Waals surface area contributed by atoms with E-state index in [0.29, 0.717) is 31.5 Å². The summed E-state index contributed by atoms with van der Waals surface area (Å²) in [6.07, 6.45) is 4.54. The Labute approximate surface area is 163 Å². The molecule has 7 nitrogen and oxygen atoms in total. The van der Waals surface area contributed by atoms with Crippen LogP contribution >= 0.6 is 0 Å². The number of carbonyl (C=O) groups is 2. The van der Waals surface area contributed by atoms with Crippen molar-refractivity contribution < 1.29 is 9.59 Å². The third-order valence-corrected chi connectivity index (χ3v) is 5.24. The molecule has 0 saturated carbocycles. The van der Waals surface area contributed by atoms with Crippen LogP contribution in [0.25, 0.3) is 11.0 Å². The van der Waals surface area contributed by atoms with Crippen molar-refractivity contribution >= 4 is 22.8 Å². The highest BCUT2D eigenvalue weighted by Gasteiger charge is 2.29. The first-order valence-corrected chi connectivity index (χ1v) is 9.56. The second-order valence-electron chi connectivity index (χ2n) is 7.18. The van der Waals surface area contributed by atoms with Crippen molar-refractivity contribution in [1.29, 1.82) is 0 Å². The molecular weight excluding hydrogens is 354 g/mol. The Kier molecular flexibility index (Phi) is 5.06. The van der Waals surface area contributed by atoms with E-state index in [4.69, 9.17) is 0 Å². The Balaban J connectivity index is 1.33. The first-order chi connectivity index (χ1) is 13.6. The molecule has 2 aromatic heterocycles. The molecule has 3 heterocycles. The number of H-pyrrole nitrogens is 1. The highest BCUT2D eigenvalue weighted by atomic mass is 16.2. The van der Waals surface area contributed by atoms with Gasteiger partial charge in [-0.2, -0.15) is 0 Å². The molecule has 144 valence electrons. The van der Waals surface area contributed by atoms with Crippen LogP contribution in [0.4, 0.5) is 0 Å². The summed E-state index contributed by atoms with van der Waals surface area (Å²) in [5.41, 5.74) is 2.44. The molecule has 1 aliphatic rings. The smallest absolute Gasteiger partial charge is 0.255 e. The zero-order valence-electron chi connectivity index (χ0n) is 15.8. The number of likely N-dealkylation sites (tertiary alicyclic amines) is 1. The fraction of sp³-hybridized carbons (Fsp3) is 0.333. The summed E-state index contributed by atoms with van der Waals surface area (Å²) in [5, 5.41) is 3.06. The highest BCUT2D eigenvalue weighted by Crippen LogP contribution is 2.21. The molecule has 1 atom stereocenters. The highest BCUT2D eigenvalue weighted by molar-refractivity contribution is 5.94. The molecule has 1 aliphatic heterocycles. The van der Waals surface area contributed by atoms with Crippen LogP contribution in [0.5, 0.6) is 0 Å². The first-order valence-electron chi connectivity index (χ1n) is 9.56. The number of para-hydroxylation sites is 2. The lowest BCUT2D eigenvalue weighted by Crippen LogP contribution is -2.43. The van der Waals surface area contributed by atoms with Crippen LogP contribution in [0.2, 0.25) is 0 Å². The van der Waals surface area contributed by atoms with E-state index in [2.05, 4.69) is 20.3 Å². The molecular formula is C21H23N5O2. The predicted molar refractivity (Wildman–Crippen MR) is 106 cm³/mol. The third kappa shape index (κ3) is 3.74. The Morgan fingerprint density at radius 3 is 2.68 bits per heavy atom. The van der Waals surface area contributed by atoms with Crippen LogP contribution in [0.1, 0.15) is 42.0 Å². The van der Waals surface area contributed by atoms with Crippen molar-refractivity contribution in [2.45, 2.75) is 25.8 Å². The number of fused-ring (bicyclic) bond motifs is 1. The number of benzene rings is 1. The second-order valence-corrected chi connectivity index (χ2v) is 7.18. The summed E-state index contributed by atoms with van der Waals surface area (Å²) in [7, 11) is 0. The number of hydrogen-bond donors (Lipinski definition) is 2. The molecule has 0 aliphatic carbocycles. The lowest BCUT2D eigenvalue weighted by molar-refractivity contribution is -0.127.